The Morgan fingerprint density at radius 2 is 2.05 bits per heavy atom. The number of halogens is 1. The van der Waals surface area contributed by atoms with E-state index in [4.69, 9.17) is 11.6 Å². The van der Waals surface area contributed by atoms with Crippen molar-refractivity contribution in [1.82, 2.24) is 10.2 Å². The smallest absolute Gasteiger partial charge is 0.0931 e. The predicted molar refractivity (Wildman–Crippen MR) is 86.4 cm³/mol. The van der Waals surface area contributed by atoms with Crippen LogP contribution in [-0.4, -0.2) is 24.5 Å². The maximum atomic E-state index is 6.05. The first-order valence-corrected chi connectivity index (χ1v) is 8.13. The lowest BCUT2D eigenvalue weighted by Gasteiger charge is -2.45. The van der Waals surface area contributed by atoms with Gasteiger partial charge in [-0.2, -0.15) is 0 Å². The van der Waals surface area contributed by atoms with Gasteiger partial charge in [-0.1, -0.05) is 41.9 Å². The van der Waals surface area contributed by atoms with Crippen molar-refractivity contribution in [3.05, 3.63) is 57.2 Å². The lowest BCUT2D eigenvalue weighted by Crippen LogP contribution is -2.56. The van der Waals surface area contributed by atoms with E-state index in [9.17, 15) is 0 Å². The van der Waals surface area contributed by atoms with Crippen LogP contribution in [0.3, 0.4) is 0 Å². The highest BCUT2D eigenvalue weighted by atomic mass is 35.5. The third kappa shape index (κ3) is 2.77. The number of nitrogens with zero attached hydrogens (tertiary/aromatic N) is 1. The molecule has 1 unspecified atom stereocenters. The first-order valence-electron chi connectivity index (χ1n) is 6.94. The van der Waals surface area contributed by atoms with E-state index in [1.165, 1.54) is 10.4 Å². The normalized spacial score (nSPS) is 23.9. The molecule has 2 heterocycles. The van der Waals surface area contributed by atoms with Crippen LogP contribution in [-0.2, 0) is 12.1 Å². The molecular weight excluding hydrogens is 288 g/mol. The second kappa shape index (κ2) is 5.86. The summed E-state index contributed by atoms with van der Waals surface area (Å²) >= 11 is 7.73. The van der Waals surface area contributed by atoms with E-state index < -0.39 is 0 Å². The van der Waals surface area contributed by atoms with Gasteiger partial charge in [-0.3, -0.25) is 4.90 Å². The van der Waals surface area contributed by atoms with Crippen molar-refractivity contribution < 1.29 is 0 Å². The topological polar surface area (TPSA) is 15.3 Å². The van der Waals surface area contributed by atoms with Crippen molar-refractivity contribution in [2.24, 2.45) is 0 Å². The molecule has 0 amide bonds. The number of hydrogen-bond acceptors (Lipinski definition) is 3. The molecule has 106 valence electrons. The minimum absolute atomic E-state index is 0.0377. The molecule has 1 fully saturated rings. The lowest BCUT2D eigenvalue weighted by atomic mass is 9.88. The van der Waals surface area contributed by atoms with Crippen molar-refractivity contribution in [2.75, 3.05) is 19.6 Å². The molecule has 1 aliphatic rings. The number of thiophene rings is 1. The Balaban J connectivity index is 1.87. The Hall–Kier alpha value is -0.870. The predicted octanol–water partition coefficient (Wildman–Crippen LogP) is 3.72. The average Bonchev–Trinajstić information content (AvgIpc) is 2.88. The summed E-state index contributed by atoms with van der Waals surface area (Å²) in [5.74, 6) is 0. The van der Waals surface area contributed by atoms with Crippen molar-refractivity contribution in [2.45, 2.75) is 19.0 Å². The fourth-order valence-electron chi connectivity index (χ4n) is 2.86. The van der Waals surface area contributed by atoms with E-state index in [0.29, 0.717) is 0 Å². The fraction of sp³-hybridized carbons (Fsp3) is 0.375. The van der Waals surface area contributed by atoms with Gasteiger partial charge in [0.25, 0.3) is 0 Å². The maximum absolute atomic E-state index is 6.05. The zero-order valence-electron chi connectivity index (χ0n) is 11.6. The summed E-state index contributed by atoms with van der Waals surface area (Å²) in [4.78, 5) is 3.89. The van der Waals surface area contributed by atoms with Crippen molar-refractivity contribution in [1.29, 1.82) is 0 Å². The van der Waals surface area contributed by atoms with Gasteiger partial charge in [-0.25, -0.2) is 0 Å². The fourth-order valence-corrected chi connectivity index (χ4v) is 3.97. The van der Waals surface area contributed by atoms with Crippen LogP contribution in [0.2, 0.25) is 4.34 Å². The molecule has 0 saturated carbocycles. The first kappa shape index (κ1) is 14.1. The Morgan fingerprint density at radius 3 is 2.75 bits per heavy atom. The van der Waals surface area contributed by atoms with Crippen molar-refractivity contribution in [3.8, 4) is 0 Å². The summed E-state index contributed by atoms with van der Waals surface area (Å²) in [6, 6.07) is 14.9. The van der Waals surface area contributed by atoms with Gasteiger partial charge in [0, 0.05) is 31.1 Å². The standard InChI is InChI=1S/C16H19ClN2S/c1-16(13-5-3-2-4-6-13)12-18-9-10-19(16)11-14-7-8-15(17)20-14/h2-8,18H,9-12H2,1H3. The van der Waals surface area contributed by atoms with Crippen LogP contribution in [0.15, 0.2) is 42.5 Å². The summed E-state index contributed by atoms with van der Waals surface area (Å²) in [5.41, 5.74) is 1.41. The van der Waals surface area contributed by atoms with E-state index in [1.807, 2.05) is 6.07 Å². The molecule has 3 rings (SSSR count). The van der Waals surface area contributed by atoms with Crippen LogP contribution >= 0.6 is 22.9 Å². The van der Waals surface area contributed by atoms with Crippen LogP contribution in [0.4, 0.5) is 0 Å². The van der Waals surface area contributed by atoms with Crippen LogP contribution in [0.25, 0.3) is 0 Å². The van der Waals surface area contributed by atoms with Crippen molar-refractivity contribution >= 4 is 22.9 Å². The SMILES string of the molecule is CC1(c2ccccc2)CNCCN1Cc1ccc(Cl)s1. The zero-order valence-corrected chi connectivity index (χ0v) is 13.2. The van der Waals surface area contributed by atoms with E-state index in [-0.39, 0.29) is 5.54 Å². The van der Waals surface area contributed by atoms with Crippen LogP contribution in [0.5, 0.6) is 0 Å². The number of rotatable bonds is 3. The average molecular weight is 307 g/mol. The van der Waals surface area contributed by atoms with Crippen molar-refractivity contribution in [3.63, 3.8) is 0 Å². The lowest BCUT2D eigenvalue weighted by molar-refractivity contribution is 0.0660. The maximum Gasteiger partial charge on any atom is 0.0931 e. The third-order valence-corrected chi connectivity index (χ3v) is 5.31. The molecule has 20 heavy (non-hydrogen) atoms. The molecule has 1 aliphatic heterocycles. The quantitative estimate of drug-likeness (QED) is 0.929. The highest BCUT2D eigenvalue weighted by molar-refractivity contribution is 7.16. The Bertz CT molecular complexity index is 569. The van der Waals surface area contributed by atoms with Crippen LogP contribution in [0.1, 0.15) is 17.4 Å². The molecule has 4 heteroatoms. The summed E-state index contributed by atoms with van der Waals surface area (Å²) < 4.78 is 0.872. The second-order valence-electron chi connectivity index (χ2n) is 5.44. The second-order valence-corrected chi connectivity index (χ2v) is 7.24. The van der Waals surface area contributed by atoms with Gasteiger partial charge in [0.05, 0.1) is 9.88 Å². The molecule has 1 aromatic carbocycles. The van der Waals surface area contributed by atoms with Crippen LogP contribution < -0.4 is 5.32 Å². The number of benzene rings is 1. The van der Waals surface area contributed by atoms with E-state index in [1.54, 1.807) is 11.3 Å². The zero-order chi connectivity index (χ0) is 14.0. The minimum atomic E-state index is 0.0377. The summed E-state index contributed by atoms with van der Waals surface area (Å²) in [6.07, 6.45) is 0. The first-order chi connectivity index (χ1) is 9.68. The largest absolute Gasteiger partial charge is 0.313 e. The van der Waals surface area contributed by atoms with E-state index in [2.05, 4.69) is 53.5 Å². The Morgan fingerprint density at radius 1 is 1.25 bits per heavy atom. The molecule has 1 N–H and O–H groups in total. The van der Waals surface area contributed by atoms with Gasteiger partial charge < -0.3 is 5.32 Å². The Kier molecular flexibility index (Phi) is 4.13. The number of hydrogen-bond donors (Lipinski definition) is 1. The molecule has 2 nitrogen and oxygen atoms in total. The number of nitrogens with one attached hydrogen (secondary N) is 1. The molecule has 2 aromatic rings. The van der Waals surface area contributed by atoms with Gasteiger partial charge in [0.15, 0.2) is 0 Å². The van der Waals surface area contributed by atoms with E-state index in [0.717, 1.165) is 30.5 Å². The monoisotopic (exact) mass is 306 g/mol. The van der Waals surface area contributed by atoms with Gasteiger partial charge in [0.1, 0.15) is 0 Å². The third-order valence-electron chi connectivity index (χ3n) is 4.10. The minimum Gasteiger partial charge on any atom is -0.313 e. The molecule has 1 atom stereocenters. The van der Waals surface area contributed by atoms with Gasteiger partial charge >= 0.3 is 0 Å². The number of piperazine rings is 1. The van der Waals surface area contributed by atoms with Gasteiger partial charge in [-0.05, 0) is 24.6 Å². The molecule has 0 bridgehead atoms. The summed E-state index contributed by atoms with van der Waals surface area (Å²) in [7, 11) is 0. The molecular formula is C16H19ClN2S. The molecule has 0 aliphatic carbocycles. The van der Waals surface area contributed by atoms with E-state index >= 15 is 0 Å². The molecule has 1 aromatic heterocycles. The highest BCUT2D eigenvalue weighted by Crippen LogP contribution is 2.32. The van der Waals surface area contributed by atoms with Crippen LogP contribution in [0, 0.1) is 0 Å². The summed E-state index contributed by atoms with van der Waals surface area (Å²) in [5, 5.41) is 3.53. The van der Waals surface area contributed by atoms with Gasteiger partial charge in [-0.15, -0.1) is 11.3 Å². The molecule has 0 spiro atoms. The van der Waals surface area contributed by atoms with Gasteiger partial charge in [0.2, 0.25) is 0 Å². The molecule has 1 saturated heterocycles. The summed E-state index contributed by atoms with van der Waals surface area (Å²) in [6.45, 7) is 6.37. The Labute approximate surface area is 129 Å². The molecule has 0 radical (unpaired) electrons. The highest BCUT2D eigenvalue weighted by Gasteiger charge is 2.35.